The Morgan fingerprint density at radius 1 is 1.75 bits per heavy atom. The molecule has 0 aromatic rings. The van der Waals surface area contributed by atoms with Gasteiger partial charge in [-0.05, 0) is 19.4 Å². The number of hydrogen-bond acceptors (Lipinski definition) is 3. The van der Waals surface area contributed by atoms with Crippen molar-refractivity contribution in [3.05, 3.63) is 0 Å². The minimum atomic E-state index is 0.00347. The molecule has 4 heteroatoms. The number of amides is 1. The zero-order chi connectivity index (χ0) is 8.81. The molecular weight excluding hydrogens is 154 g/mol. The van der Waals surface area contributed by atoms with Crippen molar-refractivity contribution in [2.75, 3.05) is 19.6 Å². The lowest BCUT2D eigenvalue weighted by molar-refractivity contribution is -0.125. The van der Waals surface area contributed by atoms with Crippen molar-refractivity contribution in [2.24, 2.45) is 5.92 Å². The normalized spacial score (nSPS) is 22.8. The highest BCUT2D eigenvalue weighted by molar-refractivity contribution is 5.79. The van der Waals surface area contributed by atoms with Gasteiger partial charge >= 0.3 is 0 Å². The zero-order valence-corrected chi connectivity index (χ0v) is 6.97. The molecule has 0 radical (unpaired) electrons. The molecule has 0 saturated carbocycles. The second-order valence-corrected chi connectivity index (χ2v) is 2.92. The summed E-state index contributed by atoms with van der Waals surface area (Å²) >= 11 is 0. The van der Waals surface area contributed by atoms with Crippen LogP contribution in [0, 0.1) is 17.2 Å². The third-order valence-corrected chi connectivity index (χ3v) is 2.01. The topological polar surface area (TPSA) is 64.9 Å². The summed E-state index contributed by atoms with van der Waals surface area (Å²) in [6.07, 6.45) is 1.98. The smallest absolute Gasteiger partial charge is 0.225 e. The van der Waals surface area contributed by atoms with E-state index in [0.717, 1.165) is 25.9 Å². The Labute approximate surface area is 71.9 Å². The standard InChI is InChI=1S/C8H13N3O/c9-3-5-11-8(12)7-2-1-4-10-6-7/h7,10H,1-2,4-6H2,(H,11,12)/t7-/m1/s1. The van der Waals surface area contributed by atoms with E-state index in [9.17, 15) is 4.79 Å². The van der Waals surface area contributed by atoms with Crippen molar-refractivity contribution in [1.82, 2.24) is 10.6 Å². The molecule has 0 aliphatic carbocycles. The maximum Gasteiger partial charge on any atom is 0.225 e. The summed E-state index contributed by atoms with van der Waals surface area (Å²) in [4.78, 5) is 11.3. The molecule has 0 spiro atoms. The summed E-state index contributed by atoms with van der Waals surface area (Å²) in [7, 11) is 0. The third kappa shape index (κ3) is 2.51. The number of hydrogen-bond donors (Lipinski definition) is 2. The van der Waals surface area contributed by atoms with Crippen LogP contribution in [-0.4, -0.2) is 25.5 Å². The second-order valence-electron chi connectivity index (χ2n) is 2.92. The van der Waals surface area contributed by atoms with Crippen molar-refractivity contribution >= 4 is 5.91 Å². The maximum atomic E-state index is 11.3. The lowest BCUT2D eigenvalue weighted by Gasteiger charge is -2.21. The van der Waals surface area contributed by atoms with Crippen molar-refractivity contribution in [2.45, 2.75) is 12.8 Å². The summed E-state index contributed by atoms with van der Waals surface area (Å²) < 4.78 is 0. The Morgan fingerprint density at radius 3 is 3.17 bits per heavy atom. The van der Waals surface area contributed by atoms with Gasteiger partial charge in [-0.2, -0.15) is 5.26 Å². The van der Waals surface area contributed by atoms with Crippen LogP contribution in [0.1, 0.15) is 12.8 Å². The maximum absolute atomic E-state index is 11.3. The predicted molar refractivity (Wildman–Crippen MR) is 44.2 cm³/mol. The Morgan fingerprint density at radius 2 is 2.58 bits per heavy atom. The monoisotopic (exact) mass is 167 g/mol. The number of rotatable bonds is 2. The molecule has 12 heavy (non-hydrogen) atoms. The van der Waals surface area contributed by atoms with E-state index in [1.54, 1.807) is 0 Å². The van der Waals surface area contributed by atoms with Gasteiger partial charge in [-0.25, -0.2) is 0 Å². The first kappa shape index (κ1) is 9.01. The van der Waals surface area contributed by atoms with Gasteiger partial charge < -0.3 is 10.6 Å². The molecule has 2 N–H and O–H groups in total. The van der Waals surface area contributed by atoms with E-state index in [4.69, 9.17) is 5.26 Å². The van der Waals surface area contributed by atoms with E-state index in [2.05, 4.69) is 10.6 Å². The lowest BCUT2D eigenvalue weighted by Crippen LogP contribution is -2.40. The van der Waals surface area contributed by atoms with Gasteiger partial charge in [0.05, 0.1) is 12.0 Å². The van der Waals surface area contributed by atoms with Crippen molar-refractivity contribution in [3.8, 4) is 6.07 Å². The molecule has 4 nitrogen and oxygen atoms in total. The highest BCUT2D eigenvalue weighted by Crippen LogP contribution is 2.09. The van der Waals surface area contributed by atoms with E-state index in [1.807, 2.05) is 6.07 Å². The summed E-state index contributed by atoms with van der Waals surface area (Å²) in [5.41, 5.74) is 0. The summed E-state index contributed by atoms with van der Waals surface area (Å²) in [6.45, 7) is 1.87. The number of nitriles is 1. The fraction of sp³-hybridized carbons (Fsp3) is 0.750. The molecule has 1 atom stereocenters. The molecule has 1 amide bonds. The van der Waals surface area contributed by atoms with Crippen LogP contribution in [0.25, 0.3) is 0 Å². The fourth-order valence-electron chi connectivity index (χ4n) is 1.35. The van der Waals surface area contributed by atoms with Gasteiger partial charge in [0.1, 0.15) is 6.54 Å². The Kier molecular flexibility index (Phi) is 3.55. The van der Waals surface area contributed by atoms with Crippen LogP contribution in [0.5, 0.6) is 0 Å². The van der Waals surface area contributed by atoms with Gasteiger partial charge in [0.25, 0.3) is 0 Å². The predicted octanol–water partition coefficient (Wildman–Crippen LogP) is -0.374. The fourth-order valence-corrected chi connectivity index (χ4v) is 1.35. The Balaban J connectivity index is 2.26. The molecule has 66 valence electrons. The highest BCUT2D eigenvalue weighted by atomic mass is 16.1. The Bertz CT molecular complexity index is 191. The minimum absolute atomic E-state index is 0.00347. The Hall–Kier alpha value is -1.08. The van der Waals surface area contributed by atoms with Gasteiger partial charge in [-0.15, -0.1) is 0 Å². The average Bonchev–Trinajstić information content (AvgIpc) is 2.15. The van der Waals surface area contributed by atoms with E-state index < -0.39 is 0 Å². The molecule has 1 saturated heterocycles. The summed E-state index contributed by atoms with van der Waals surface area (Å²) in [6, 6.07) is 1.89. The molecule has 0 aromatic heterocycles. The summed E-state index contributed by atoms with van der Waals surface area (Å²) in [5, 5.41) is 13.9. The average molecular weight is 167 g/mol. The molecule has 0 unspecified atom stereocenters. The molecular formula is C8H13N3O. The van der Waals surface area contributed by atoms with Crippen LogP contribution in [-0.2, 0) is 4.79 Å². The van der Waals surface area contributed by atoms with Gasteiger partial charge in [0, 0.05) is 6.54 Å². The largest absolute Gasteiger partial charge is 0.343 e. The molecule has 1 aliphatic heterocycles. The number of nitrogens with one attached hydrogen (secondary N) is 2. The van der Waals surface area contributed by atoms with Crippen molar-refractivity contribution in [3.63, 3.8) is 0 Å². The quantitative estimate of drug-likeness (QED) is 0.551. The molecule has 0 aromatic carbocycles. The number of nitrogens with zero attached hydrogens (tertiary/aromatic N) is 1. The first-order valence-electron chi connectivity index (χ1n) is 4.20. The van der Waals surface area contributed by atoms with Crippen LogP contribution in [0.15, 0.2) is 0 Å². The van der Waals surface area contributed by atoms with Crippen LogP contribution in [0.2, 0.25) is 0 Å². The number of carbonyl (C=O) groups is 1. The van der Waals surface area contributed by atoms with Crippen LogP contribution < -0.4 is 10.6 Å². The van der Waals surface area contributed by atoms with Crippen LogP contribution >= 0.6 is 0 Å². The molecule has 1 aliphatic rings. The molecule has 1 fully saturated rings. The van der Waals surface area contributed by atoms with E-state index in [-0.39, 0.29) is 18.4 Å². The van der Waals surface area contributed by atoms with Gasteiger partial charge in [-0.1, -0.05) is 0 Å². The van der Waals surface area contributed by atoms with Crippen molar-refractivity contribution in [1.29, 1.82) is 5.26 Å². The van der Waals surface area contributed by atoms with Gasteiger partial charge in [-0.3, -0.25) is 4.79 Å². The molecule has 0 bridgehead atoms. The first-order valence-corrected chi connectivity index (χ1v) is 4.20. The zero-order valence-electron chi connectivity index (χ0n) is 6.97. The molecule has 1 rings (SSSR count). The van der Waals surface area contributed by atoms with Crippen molar-refractivity contribution < 1.29 is 4.79 Å². The van der Waals surface area contributed by atoms with Gasteiger partial charge in [0.2, 0.25) is 5.91 Å². The van der Waals surface area contributed by atoms with Gasteiger partial charge in [0.15, 0.2) is 0 Å². The van der Waals surface area contributed by atoms with E-state index in [0.29, 0.717) is 0 Å². The van der Waals surface area contributed by atoms with Crippen LogP contribution in [0.4, 0.5) is 0 Å². The van der Waals surface area contributed by atoms with E-state index >= 15 is 0 Å². The SMILES string of the molecule is N#CCNC(=O)[C@@H]1CCCNC1. The third-order valence-electron chi connectivity index (χ3n) is 2.01. The number of carbonyl (C=O) groups excluding carboxylic acids is 1. The van der Waals surface area contributed by atoms with E-state index in [1.165, 1.54) is 0 Å². The minimum Gasteiger partial charge on any atom is -0.343 e. The summed E-state index contributed by atoms with van der Waals surface area (Å²) in [5.74, 6) is 0.0656. The van der Waals surface area contributed by atoms with Crippen LogP contribution in [0.3, 0.4) is 0 Å². The first-order chi connectivity index (χ1) is 5.84. The lowest BCUT2D eigenvalue weighted by atomic mass is 9.99. The second kappa shape index (κ2) is 4.73. The molecule has 1 heterocycles. The highest BCUT2D eigenvalue weighted by Gasteiger charge is 2.19. The number of piperidine rings is 1.